The number of hydrogen-bond acceptors (Lipinski definition) is 4. The summed E-state index contributed by atoms with van der Waals surface area (Å²) < 4.78 is 2.21. The van der Waals surface area contributed by atoms with Gasteiger partial charge in [-0.25, -0.2) is 4.68 Å². The number of piperidine rings is 1. The van der Waals surface area contributed by atoms with Crippen molar-refractivity contribution < 1.29 is 0 Å². The maximum Gasteiger partial charge on any atom is 0.283 e. The van der Waals surface area contributed by atoms with Crippen LogP contribution in [0.3, 0.4) is 0 Å². The summed E-state index contributed by atoms with van der Waals surface area (Å²) in [5.41, 5.74) is 0.819. The van der Waals surface area contributed by atoms with Crippen LogP contribution in [0.15, 0.2) is 15.5 Å². The summed E-state index contributed by atoms with van der Waals surface area (Å²) in [6.45, 7) is 6.32. The Morgan fingerprint density at radius 3 is 2.67 bits per heavy atom. The first-order valence-corrected chi connectivity index (χ1v) is 8.71. The molecular weight excluding hydrogens is 332 g/mol. The van der Waals surface area contributed by atoms with Gasteiger partial charge in [-0.1, -0.05) is 6.92 Å². The Labute approximate surface area is 133 Å². The van der Waals surface area contributed by atoms with Crippen LogP contribution in [0, 0.1) is 5.92 Å². The lowest BCUT2D eigenvalue weighted by atomic mass is 10.1. The number of rotatable bonds is 5. The van der Waals surface area contributed by atoms with Crippen LogP contribution in [0.2, 0.25) is 0 Å². The minimum Gasteiger partial charge on any atom is -0.380 e. The van der Waals surface area contributed by atoms with Gasteiger partial charge in [-0.2, -0.15) is 5.10 Å². The summed E-state index contributed by atoms with van der Waals surface area (Å²) >= 11 is 3.45. The normalized spacial score (nSPS) is 20.7. The highest BCUT2D eigenvalue weighted by atomic mass is 79.9. The zero-order valence-electron chi connectivity index (χ0n) is 12.5. The van der Waals surface area contributed by atoms with Gasteiger partial charge in [0, 0.05) is 25.7 Å². The van der Waals surface area contributed by atoms with Crippen molar-refractivity contribution in [1.82, 2.24) is 14.7 Å². The van der Waals surface area contributed by atoms with E-state index in [9.17, 15) is 4.79 Å². The number of nitrogens with zero attached hydrogens (tertiary/aromatic N) is 3. The van der Waals surface area contributed by atoms with Gasteiger partial charge in [0.2, 0.25) is 0 Å². The molecule has 116 valence electrons. The predicted molar refractivity (Wildman–Crippen MR) is 87.7 cm³/mol. The van der Waals surface area contributed by atoms with Gasteiger partial charge >= 0.3 is 0 Å². The van der Waals surface area contributed by atoms with Crippen molar-refractivity contribution in [3.63, 3.8) is 0 Å². The van der Waals surface area contributed by atoms with Crippen molar-refractivity contribution in [3.05, 3.63) is 21.0 Å². The van der Waals surface area contributed by atoms with Crippen molar-refractivity contribution in [2.24, 2.45) is 5.92 Å². The molecule has 0 bridgehead atoms. The summed E-state index contributed by atoms with van der Waals surface area (Å²) in [5, 5.41) is 7.80. The van der Waals surface area contributed by atoms with Crippen molar-refractivity contribution in [3.8, 4) is 0 Å². The first kappa shape index (κ1) is 15.0. The quantitative estimate of drug-likeness (QED) is 0.881. The molecule has 1 aliphatic carbocycles. The molecule has 1 N–H and O–H groups in total. The second-order valence-electron chi connectivity index (χ2n) is 6.16. The Bertz CT molecular complexity index is 547. The number of anilines is 1. The lowest BCUT2D eigenvalue weighted by molar-refractivity contribution is 0.229. The zero-order valence-corrected chi connectivity index (χ0v) is 14.1. The van der Waals surface area contributed by atoms with E-state index in [4.69, 9.17) is 0 Å². The largest absolute Gasteiger partial charge is 0.380 e. The lowest BCUT2D eigenvalue weighted by Crippen LogP contribution is -2.39. The standard InChI is InChI=1S/C15H23BrN4O/c1-2-19-7-5-12(6-8-19)18-13-9-17-20(10-11-3-4-11)15(21)14(13)16/h9,11-12,18H,2-8,10H2,1H3. The Hall–Kier alpha value is -0.880. The average molecular weight is 355 g/mol. The monoisotopic (exact) mass is 354 g/mol. The molecule has 0 unspecified atom stereocenters. The van der Waals surface area contributed by atoms with E-state index in [1.165, 1.54) is 12.8 Å². The summed E-state index contributed by atoms with van der Waals surface area (Å²) in [5.74, 6) is 0.652. The molecule has 0 amide bonds. The van der Waals surface area contributed by atoms with Crippen LogP contribution in [0.5, 0.6) is 0 Å². The summed E-state index contributed by atoms with van der Waals surface area (Å²) in [6.07, 6.45) is 6.47. The number of aromatic nitrogens is 2. The van der Waals surface area contributed by atoms with Gasteiger partial charge in [0.25, 0.3) is 5.56 Å². The lowest BCUT2D eigenvalue weighted by Gasteiger charge is -2.32. The van der Waals surface area contributed by atoms with E-state index in [0.29, 0.717) is 16.4 Å². The molecule has 5 nitrogen and oxygen atoms in total. The third-order valence-electron chi connectivity index (χ3n) is 4.51. The predicted octanol–water partition coefficient (Wildman–Crippen LogP) is 2.31. The van der Waals surface area contributed by atoms with E-state index < -0.39 is 0 Å². The summed E-state index contributed by atoms with van der Waals surface area (Å²) in [4.78, 5) is 14.8. The van der Waals surface area contributed by atoms with Crippen LogP contribution in [0.4, 0.5) is 5.69 Å². The van der Waals surface area contributed by atoms with Gasteiger partial charge in [0.1, 0.15) is 4.47 Å². The van der Waals surface area contributed by atoms with E-state index >= 15 is 0 Å². The number of likely N-dealkylation sites (tertiary alicyclic amines) is 1. The molecule has 1 saturated heterocycles. The fourth-order valence-electron chi connectivity index (χ4n) is 2.85. The number of halogens is 1. The Morgan fingerprint density at radius 2 is 2.05 bits per heavy atom. The second-order valence-corrected chi connectivity index (χ2v) is 6.95. The van der Waals surface area contributed by atoms with E-state index in [2.05, 4.69) is 38.2 Å². The van der Waals surface area contributed by atoms with Crippen LogP contribution in [-0.2, 0) is 6.54 Å². The molecule has 1 aliphatic heterocycles. The molecular formula is C15H23BrN4O. The topological polar surface area (TPSA) is 50.2 Å². The SMILES string of the molecule is CCN1CCC(Nc2cnn(CC3CC3)c(=O)c2Br)CC1. The average Bonchev–Trinajstić information content (AvgIpc) is 3.32. The first-order chi connectivity index (χ1) is 10.2. The van der Waals surface area contributed by atoms with E-state index in [1.54, 1.807) is 10.9 Å². The molecule has 1 saturated carbocycles. The highest BCUT2D eigenvalue weighted by Gasteiger charge is 2.24. The highest BCUT2D eigenvalue weighted by molar-refractivity contribution is 9.10. The summed E-state index contributed by atoms with van der Waals surface area (Å²) in [7, 11) is 0. The van der Waals surface area contributed by atoms with E-state index in [0.717, 1.165) is 44.7 Å². The molecule has 1 aromatic rings. The zero-order chi connectivity index (χ0) is 14.8. The van der Waals surface area contributed by atoms with Crippen LogP contribution >= 0.6 is 15.9 Å². The van der Waals surface area contributed by atoms with Gasteiger partial charge in [-0.05, 0) is 54.1 Å². The molecule has 2 aliphatic rings. The van der Waals surface area contributed by atoms with Crippen molar-refractivity contribution in [1.29, 1.82) is 0 Å². The third kappa shape index (κ3) is 3.66. The smallest absolute Gasteiger partial charge is 0.283 e. The molecule has 1 aromatic heterocycles. The maximum atomic E-state index is 12.3. The maximum absolute atomic E-state index is 12.3. The third-order valence-corrected chi connectivity index (χ3v) is 5.27. The van der Waals surface area contributed by atoms with Crippen LogP contribution < -0.4 is 10.9 Å². The molecule has 0 atom stereocenters. The highest BCUT2D eigenvalue weighted by Crippen LogP contribution is 2.30. The summed E-state index contributed by atoms with van der Waals surface area (Å²) in [6, 6.07) is 0.435. The minimum absolute atomic E-state index is 0.0158. The fourth-order valence-corrected chi connectivity index (χ4v) is 3.28. The van der Waals surface area contributed by atoms with Crippen LogP contribution in [-0.4, -0.2) is 40.4 Å². The first-order valence-electron chi connectivity index (χ1n) is 7.92. The van der Waals surface area contributed by atoms with Gasteiger partial charge in [0.05, 0.1) is 11.9 Å². The van der Waals surface area contributed by atoms with Crippen LogP contribution in [0.25, 0.3) is 0 Å². The Kier molecular flexibility index (Phi) is 4.64. The van der Waals surface area contributed by atoms with Gasteiger partial charge in [-0.3, -0.25) is 4.79 Å². The van der Waals surface area contributed by atoms with E-state index in [1.807, 2.05) is 0 Å². The minimum atomic E-state index is -0.0158. The molecule has 2 fully saturated rings. The number of nitrogens with one attached hydrogen (secondary N) is 1. The fraction of sp³-hybridized carbons (Fsp3) is 0.733. The molecule has 0 aromatic carbocycles. The molecule has 0 spiro atoms. The van der Waals surface area contributed by atoms with Crippen molar-refractivity contribution in [2.45, 2.75) is 45.2 Å². The van der Waals surface area contributed by atoms with Gasteiger partial charge in [0.15, 0.2) is 0 Å². The van der Waals surface area contributed by atoms with Gasteiger partial charge in [-0.15, -0.1) is 0 Å². The molecule has 2 heterocycles. The second kappa shape index (κ2) is 6.48. The van der Waals surface area contributed by atoms with Crippen molar-refractivity contribution in [2.75, 3.05) is 25.0 Å². The van der Waals surface area contributed by atoms with Gasteiger partial charge < -0.3 is 10.2 Å². The Morgan fingerprint density at radius 1 is 1.33 bits per heavy atom. The molecule has 6 heteroatoms. The van der Waals surface area contributed by atoms with Crippen molar-refractivity contribution >= 4 is 21.6 Å². The molecule has 0 radical (unpaired) electrons. The van der Waals surface area contributed by atoms with Crippen LogP contribution in [0.1, 0.15) is 32.6 Å². The van der Waals surface area contributed by atoms with E-state index in [-0.39, 0.29) is 5.56 Å². The molecule has 21 heavy (non-hydrogen) atoms. The number of hydrogen-bond donors (Lipinski definition) is 1. The molecule has 3 rings (SSSR count). The Balaban J connectivity index is 1.65.